The molecule has 1 fully saturated rings. The Kier molecular flexibility index (Phi) is 3.36. The number of anilines is 1. The second-order valence-corrected chi connectivity index (χ2v) is 5.69. The molecule has 0 radical (unpaired) electrons. The summed E-state index contributed by atoms with van der Waals surface area (Å²) in [5, 5.41) is 14.2. The van der Waals surface area contributed by atoms with Crippen molar-refractivity contribution in [3.05, 3.63) is 30.5 Å². The van der Waals surface area contributed by atoms with Crippen LogP contribution in [0.4, 0.5) is 5.82 Å². The fourth-order valence-corrected chi connectivity index (χ4v) is 3.21. The Morgan fingerprint density at radius 1 is 1.21 bits per heavy atom. The van der Waals surface area contributed by atoms with E-state index in [1.54, 1.807) is 0 Å². The van der Waals surface area contributed by atoms with Crippen LogP contribution in [-0.4, -0.2) is 16.7 Å². The predicted molar refractivity (Wildman–Crippen MR) is 79.2 cm³/mol. The summed E-state index contributed by atoms with van der Waals surface area (Å²) in [7, 11) is 0. The van der Waals surface area contributed by atoms with E-state index in [9.17, 15) is 0 Å². The van der Waals surface area contributed by atoms with E-state index in [1.807, 2.05) is 12.3 Å². The number of fused-ring (bicyclic) bond motifs is 1. The van der Waals surface area contributed by atoms with E-state index in [-0.39, 0.29) is 0 Å². The highest BCUT2D eigenvalue weighted by atomic mass is 15.2. The zero-order chi connectivity index (χ0) is 13.1. The van der Waals surface area contributed by atoms with Crippen LogP contribution >= 0.6 is 0 Å². The molecule has 19 heavy (non-hydrogen) atoms. The summed E-state index contributed by atoms with van der Waals surface area (Å²) in [5.41, 5.74) is 0.471. The number of aromatic nitrogens is 2. The molecular formula is C16H21N3. The molecule has 3 rings (SSSR count). The van der Waals surface area contributed by atoms with Crippen LogP contribution in [0.1, 0.15) is 39.0 Å². The minimum absolute atomic E-state index is 0.471. The molecule has 3 heteroatoms. The molecule has 3 nitrogen and oxygen atoms in total. The molecule has 0 spiro atoms. The molecule has 1 aromatic carbocycles. The zero-order valence-electron chi connectivity index (χ0n) is 11.5. The normalized spacial score (nSPS) is 17.7. The molecule has 1 aliphatic rings. The lowest BCUT2D eigenvalue weighted by atomic mass is 9.83. The van der Waals surface area contributed by atoms with Gasteiger partial charge in [-0.2, -0.15) is 5.10 Å². The van der Waals surface area contributed by atoms with Crippen LogP contribution in [0.3, 0.4) is 0 Å². The molecule has 0 atom stereocenters. The Balaban J connectivity index is 1.82. The Hall–Kier alpha value is -1.64. The molecule has 1 aliphatic carbocycles. The van der Waals surface area contributed by atoms with Crippen LogP contribution in [0.15, 0.2) is 30.5 Å². The van der Waals surface area contributed by atoms with Crippen molar-refractivity contribution in [1.82, 2.24) is 10.2 Å². The van der Waals surface area contributed by atoms with Crippen molar-refractivity contribution in [2.45, 2.75) is 39.0 Å². The van der Waals surface area contributed by atoms with Crippen molar-refractivity contribution >= 4 is 16.6 Å². The molecule has 0 unspecified atom stereocenters. The molecule has 1 saturated carbocycles. The van der Waals surface area contributed by atoms with E-state index in [0.717, 1.165) is 17.7 Å². The van der Waals surface area contributed by atoms with Crippen LogP contribution in [0.2, 0.25) is 0 Å². The minimum atomic E-state index is 0.471. The summed E-state index contributed by atoms with van der Waals surface area (Å²) < 4.78 is 0. The van der Waals surface area contributed by atoms with Gasteiger partial charge in [0.2, 0.25) is 0 Å². The van der Waals surface area contributed by atoms with Crippen molar-refractivity contribution in [3.8, 4) is 0 Å². The van der Waals surface area contributed by atoms with Crippen LogP contribution in [-0.2, 0) is 0 Å². The number of benzene rings is 1. The van der Waals surface area contributed by atoms with E-state index < -0.39 is 0 Å². The van der Waals surface area contributed by atoms with Gasteiger partial charge in [0, 0.05) is 17.3 Å². The lowest BCUT2D eigenvalue weighted by molar-refractivity contribution is 0.306. The van der Waals surface area contributed by atoms with Crippen molar-refractivity contribution in [2.24, 2.45) is 5.41 Å². The number of nitrogens with one attached hydrogen (secondary N) is 1. The molecule has 1 heterocycles. The third kappa shape index (κ3) is 2.42. The van der Waals surface area contributed by atoms with Crippen LogP contribution < -0.4 is 5.32 Å². The highest BCUT2D eigenvalue weighted by Gasteiger charge is 2.31. The highest BCUT2D eigenvalue weighted by molar-refractivity contribution is 5.90. The van der Waals surface area contributed by atoms with Crippen molar-refractivity contribution in [1.29, 1.82) is 0 Å². The van der Waals surface area contributed by atoms with E-state index in [4.69, 9.17) is 0 Å². The second-order valence-electron chi connectivity index (χ2n) is 5.69. The van der Waals surface area contributed by atoms with Gasteiger partial charge in [0.25, 0.3) is 0 Å². The van der Waals surface area contributed by atoms with Gasteiger partial charge in [0.05, 0.1) is 6.20 Å². The first-order chi connectivity index (χ1) is 9.33. The fraction of sp³-hybridized carbons (Fsp3) is 0.500. The molecule has 1 N–H and O–H groups in total. The molecule has 0 aliphatic heterocycles. The van der Waals surface area contributed by atoms with E-state index >= 15 is 0 Å². The predicted octanol–water partition coefficient (Wildman–Crippen LogP) is 4.01. The SMILES string of the molecule is CCC1(CNc2nncc3ccccc23)CCCC1. The van der Waals surface area contributed by atoms with Crippen molar-refractivity contribution in [3.63, 3.8) is 0 Å². The average Bonchev–Trinajstić information content (AvgIpc) is 2.94. The van der Waals surface area contributed by atoms with E-state index in [1.165, 1.54) is 37.5 Å². The summed E-state index contributed by atoms with van der Waals surface area (Å²) in [6.45, 7) is 3.33. The third-order valence-electron chi connectivity index (χ3n) is 4.62. The number of rotatable bonds is 4. The Labute approximate surface area is 114 Å². The maximum absolute atomic E-state index is 4.27. The maximum Gasteiger partial charge on any atom is 0.156 e. The van der Waals surface area contributed by atoms with Gasteiger partial charge < -0.3 is 5.32 Å². The van der Waals surface area contributed by atoms with Crippen LogP contribution in [0, 0.1) is 5.41 Å². The molecule has 0 bridgehead atoms. The summed E-state index contributed by atoms with van der Waals surface area (Å²) >= 11 is 0. The molecule has 2 aromatic rings. The summed E-state index contributed by atoms with van der Waals surface area (Å²) in [6.07, 6.45) is 8.50. The summed E-state index contributed by atoms with van der Waals surface area (Å²) in [5.74, 6) is 0.929. The smallest absolute Gasteiger partial charge is 0.156 e. The van der Waals surface area contributed by atoms with Gasteiger partial charge in [0.15, 0.2) is 5.82 Å². The number of hydrogen-bond acceptors (Lipinski definition) is 3. The van der Waals surface area contributed by atoms with Crippen molar-refractivity contribution in [2.75, 3.05) is 11.9 Å². The van der Waals surface area contributed by atoms with Gasteiger partial charge in [-0.1, -0.05) is 44.0 Å². The lowest BCUT2D eigenvalue weighted by Gasteiger charge is -2.28. The lowest BCUT2D eigenvalue weighted by Crippen LogP contribution is -2.26. The van der Waals surface area contributed by atoms with Crippen molar-refractivity contribution < 1.29 is 0 Å². The largest absolute Gasteiger partial charge is 0.368 e. The Morgan fingerprint density at radius 3 is 2.79 bits per heavy atom. The molecule has 100 valence electrons. The number of hydrogen-bond donors (Lipinski definition) is 1. The van der Waals surface area contributed by atoms with Gasteiger partial charge >= 0.3 is 0 Å². The third-order valence-corrected chi connectivity index (χ3v) is 4.62. The highest BCUT2D eigenvalue weighted by Crippen LogP contribution is 2.41. The first-order valence-electron chi connectivity index (χ1n) is 7.27. The van der Waals surface area contributed by atoms with E-state index in [0.29, 0.717) is 5.41 Å². The van der Waals surface area contributed by atoms with Gasteiger partial charge in [-0.15, -0.1) is 5.10 Å². The fourth-order valence-electron chi connectivity index (χ4n) is 3.21. The summed E-state index contributed by atoms with van der Waals surface area (Å²) in [4.78, 5) is 0. The van der Waals surface area contributed by atoms with Gasteiger partial charge in [-0.3, -0.25) is 0 Å². The molecule has 1 aromatic heterocycles. The zero-order valence-corrected chi connectivity index (χ0v) is 11.5. The van der Waals surface area contributed by atoms with Gasteiger partial charge in [-0.25, -0.2) is 0 Å². The first kappa shape index (κ1) is 12.4. The monoisotopic (exact) mass is 255 g/mol. The van der Waals surface area contributed by atoms with Gasteiger partial charge in [0.1, 0.15) is 0 Å². The number of nitrogens with zero attached hydrogens (tertiary/aromatic N) is 2. The molecular weight excluding hydrogens is 234 g/mol. The van der Waals surface area contributed by atoms with Gasteiger partial charge in [-0.05, 0) is 24.7 Å². The maximum atomic E-state index is 4.27. The molecule has 0 amide bonds. The second kappa shape index (κ2) is 5.16. The van der Waals surface area contributed by atoms with Crippen LogP contribution in [0.25, 0.3) is 10.8 Å². The topological polar surface area (TPSA) is 37.8 Å². The van der Waals surface area contributed by atoms with E-state index in [2.05, 4.69) is 40.6 Å². The average molecular weight is 255 g/mol. The first-order valence-corrected chi connectivity index (χ1v) is 7.27. The quantitative estimate of drug-likeness (QED) is 0.897. The molecule has 0 saturated heterocycles. The minimum Gasteiger partial charge on any atom is -0.368 e. The standard InChI is InChI=1S/C16H21N3/c1-2-16(9-5-6-10-16)12-17-15-14-8-4-3-7-13(14)11-18-19-15/h3-4,7-8,11H,2,5-6,9-10,12H2,1H3,(H,17,19). The summed E-state index contributed by atoms with van der Waals surface area (Å²) in [6, 6.07) is 8.29. The Morgan fingerprint density at radius 2 is 2.00 bits per heavy atom. The van der Waals surface area contributed by atoms with Crippen LogP contribution in [0.5, 0.6) is 0 Å². The Bertz CT molecular complexity index is 553.